The molecule has 1 N–H and O–H groups in total. The summed E-state index contributed by atoms with van der Waals surface area (Å²) in [5, 5.41) is 6.31. The van der Waals surface area contributed by atoms with E-state index in [2.05, 4.69) is 10.2 Å². The highest BCUT2D eigenvalue weighted by Gasteiger charge is 2.24. The van der Waals surface area contributed by atoms with Crippen LogP contribution in [0.1, 0.15) is 13.3 Å². The van der Waals surface area contributed by atoms with Crippen LogP contribution in [0.5, 0.6) is 0 Å². The van der Waals surface area contributed by atoms with E-state index >= 15 is 0 Å². The lowest BCUT2D eigenvalue weighted by Crippen LogP contribution is -2.28. The first-order valence-electron chi connectivity index (χ1n) is 5.32. The Labute approximate surface area is 98.4 Å². The molecule has 0 bridgehead atoms. The molecule has 1 saturated heterocycles. The summed E-state index contributed by atoms with van der Waals surface area (Å²) >= 11 is 5.75. The topological polar surface area (TPSA) is 58.2 Å². The van der Waals surface area contributed by atoms with Gasteiger partial charge in [-0.3, -0.25) is 4.79 Å². The van der Waals surface area contributed by atoms with Crippen LogP contribution in [-0.2, 0) is 4.74 Å². The minimum absolute atomic E-state index is 0.205. The number of rotatable bonds is 3. The molecule has 1 fully saturated rings. The Morgan fingerprint density at radius 3 is 3.31 bits per heavy atom. The zero-order chi connectivity index (χ0) is 11.5. The second-order valence-electron chi connectivity index (χ2n) is 3.72. The number of hydrogen-bond acceptors (Lipinski definition) is 4. The first kappa shape index (κ1) is 11.4. The van der Waals surface area contributed by atoms with Gasteiger partial charge < -0.3 is 9.64 Å². The molecule has 0 aliphatic carbocycles. The smallest absolute Gasteiger partial charge is 0.287 e. The van der Waals surface area contributed by atoms with Gasteiger partial charge in [-0.2, -0.15) is 5.10 Å². The van der Waals surface area contributed by atoms with Gasteiger partial charge in [0, 0.05) is 25.8 Å². The molecule has 0 unspecified atom stereocenters. The second-order valence-corrected chi connectivity index (χ2v) is 4.10. The van der Waals surface area contributed by atoms with Crippen LogP contribution in [0.15, 0.2) is 10.9 Å². The van der Waals surface area contributed by atoms with Gasteiger partial charge in [0.15, 0.2) is 5.15 Å². The quantitative estimate of drug-likeness (QED) is 0.862. The van der Waals surface area contributed by atoms with E-state index in [0.717, 1.165) is 19.5 Å². The van der Waals surface area contributed by atoms with E-state index in [0.29, 0.717) is 17.4 Å². The Morgan fingerprint density at radius 2 is 2.56 bits per heavy atom. The largest absolute Gasteiger partial charge is 0.377 e. The molecule has 0 aromatic carbocycles. The average molecular weight is 244 g/mol. The van der Waals surface area contributed by atoms with Gasteiger partial charge in [-0.15, -0.1) is 0 Å². The van der Waals surface area contributed by atoms with E-state index in [-0.39, 0.29) is 11.7 Å². The molecule has 1 aliphatic rings. The Hall–Kier alpha value is -1.07. The van der Waals surface area contributed by atoms with Gasteiger partial charge >= 0.3 is 0 Å². The van der Waals surface area contributed by atoms with E-state index in [9.17, 15) is 4.79 Å². The number of halogens is 1. The predicted molar refractivity (Wildman–Crippen MR) is 62.1 cm³/mol. The fourth-order valence-corrected chi connectivity index (χ4v) is 2.07. The van der Waals surface area contributed by atoms with Gasteiger partial charge in [-0.25, -0.2) is 5.10 Å². The summed E-state index contributed by atoms with van der Waals surface area (Å²) in [6.45, 7) is 4.22. The fraction of sp³-hybridized carbons (Fsp3) is 0.600. The summed E-state index contributed by atoms with van der Waals surface area (Å²) in [5.41, 5.74) is 0.365. The van der Waals surface area contributed by atoms with Crippen LogP contribution in [0, 0.1) is 0 Å². The van der Waals surface area contributed by atoms with Gasteiger partial charge in [-0.05, 0) is 13.3 Å². The van der Waals surface area contributed by atoms with Crippen LogP contribution in [-0.4, -0.2) is 36.0 Å². The maximum atomic E-state index is 11.6. The van der Waals surface area contributed by atoms with Crippen molar-refractivity contribution < 1.29 is 4.74 Å². The highest BCUT2D eigenvalue weighted by atomic mass is 35.5. The number of anilines is 1. The molecule has 0 saturated carbocycles. The molecule has 1 aliphatic heterocycles. The lowest BCUT2D eigenvalue weighted by Gasteiger charge is -2.17. The minimum Gasteiger partial charge on any atom is -0.377 e. The summed E-state index contributed by atoms with van der Waals surface area (Å²) in [6, 6.07) is 1.59. The van der Waals surface area contributed by atoms with Crippen molar-refractivity contribution in [2.45, 2.75) is 19.4 Å². The van der Waals surface area contributed by atoms with Crippen molar-refractivity contribution in [3.63, 3.8) is 0 Å². The first-order valence-corrected chi connectivity index (χ1v) is 5.70. The van der Waals surface area contributed by atoms with Crippen molar-refractivity contribution in [3.05, 3.63) is 21.6 Å². The summed E-state index contributed by atoms with van der Waals surface area (Å²) in [5.74, 6) is 0. The maximum absolute atomic E-state index is 11.6. The monoisotopic (exact) mass is 243 g/mol. The van der Waals surface area contributed by atoms with Gasteiger partial charge in [0.2, 0.25) is 0 Å². The van der Waals surface area contributed by atoms with E-state index in [4.69, 9.17) is 16.3 Å². The van der Waals surface area contributed by atoms with Crippen LogP contribution in [0.4, 0.5) is 5.69 Å². The van der Waals surface area contributed by atoms with E-state index < -0.39 is 0 Å². The van der Waals surface area contributed by atoms with Crippen molar-refractivity contribution in [1.29, 1.82) is 0 Å². The molecule has 2 rings (SSSR count). The molecule has 0 amide bonds. The number of aromatic amines is 1. The summed E-state index contributed by atoms with van der Waals surface area (Å²) < 4.78 is 5.52. The van der Waals surface area contributed by atoms with Crippen molar-refractivity contribution in [1.82, 2.24) is 10.2 Å². The number of nitrogens with zero attached hydrogens (tertiary/aromatic N) is 2. The van der Waals surface area contributed by atoms with Gasteiger partial charge in [0.05, 0.1) is 6.10 Å². The number of ether oxygens (including phenoxy) is 1. The first-order chi connectivity index (χ1) is 7.70. The lowest BCUT2D eigenvalue weighted by atomic mass is 10.3. The van der Waals surface area contributed by atoms with Crippen LogP contribution in [0.25, 0.3) is 0 Å². The minimum atomic E-state index is -0.207. The molecule has 5 nitrogen and oxygen atoms in total. The third-order valence-electron chi connectivity index (χ3n) is 2.64. The molecule has 88 valence electrons. The third-order valence-corrected chi connectivity index (χ3v) is 2.83. The molecular weight excluding hydrogens is 230 g/mol. The van der Waals surface area contributed by atoms with Gasteiger partial charge in [0.1, 0.15) is 5.69 Å². The Kier molecular flexibility index (Phi) is 3.46. The highest BCUT2D eigenvalue weighted by molar-refractivity contribution is 6.29. The molecule has 0 spiro atoms. The Balaban J connectivity index is 2.14. The van der Waals surface area contributed by atoms with E-state index in [1.54, 1.807) is 6.07 Å². The molecular formula is C10H14ClN3O2. The Morgan fingerprint density at radius 1 is 1.75 bits per heavy atom. The average Bonchev–Trinajstić information content (AvgIpc) is 2.71. The number of nitrogens with one attached hydrogen (secondary N) is 1. The predicted octanol–water partition coefficient (Wildman–Crippen LogP) is 1.04. The van der Waals surface area contributed by atoms with Crippen LogP contribution in [0.2, 0.25) is 5.15 Å². The van der Waals surface area contributed by atoms with Crippen LogP contribution >= 0.6 is 11.6 Å². The highest BCUT2D eigenvalue weighted by Crippen LogP contribution is 2.19. The third kappa shape index (κ3) is 2.36. The number of H-pyrrole nitrogens is 1. The standard InChI is InChI=1S/C10H14ClN3O2/c1-2-16-7-3-4-14(6-7)8-5-9(11)12-13-10(8)15/h5,7H,2-4,6H2,1H3,(H,13,15)/t7-/m1/s1. The van der Waals surface area contributed by atoms with E-state index in [1.165, 1.54) is 0 Å². The summed E-state index contributed by atoms with van der Waals surface area (Å²) in [6.07, 6.45) is 1.14. The molecule has 0 radical (unpaired) electrons. The van der Waals surface area contributed by atoms with Crippen molar-refractivity contribution in [3.8, 4) is 0 Å². The number of hydrogen-bond donors (Lipinski definition) is 1. The number of aromatic nitrogens is 2. The molecule has 6 heteroatoms. The fourth-order valence-electron chi connectivity index (χ4n) is 1.93. The lowest BCUT2D eigenvalue weighted by molar-refractivity contribution is 0.0787. The molecule has 2 heterocycles. The zero-order valence-electron chi connectivity index (χ0n) is 9.07. The van der Waals surface area contributed by atoms with Crippen LogP contribution in [0.3, 0.4) is 0 Å². The van der Waals surface area contributed by atoms with Crippen molar-refractivity contribution in [2.24, 2.45) is 0 Å². The molecule has 1 aromatic heterocycles. The molecule has 1 atom stereocenters. The summed E-state index contributed by atoms with van der Waals surface area (Å²) in [4.78, 5) is 13.5. The van der Waals surface area contributed by atoms with Gasteiger partial charge in [0.25, 0.3) is 5.56 Å². The Bertz CT molecular complexity index is 421. The molecule has 16 heavy (non-hydrogen) atoms. The van der Waals surface area contributed by atoms with Crippen molar-refractivity contribution in [2.75, 3.05) is 24.6 Å². The second kappa shape index (κ2) is 4.84. The zero-order valence-corrected chi connectivity index (χ0v) is 9.83. The molecule has 1 aromatic rings. The normalized spacial score (nSPS) is 20.4. The SMILES string of the molecule is CCO[C@@H]1CCN(c2cc(Cl)n[nH]c2=O)C1. The van der Waals surface area contributed by atoms with Crippen molar-refractivity contribution >= 4 is 17.3 Å². The van der Waals surface area contributed by atoms with Crippen LogP contribution < -0.4 is 10.5 Å². The summed E-state index contributed by atoms with van der Waals surface area (Å²) in [7, 11) is 0. The van der Waals surface area contributed by atoms with E-state index in [1.807, 2.05) is 11.8 Å². The van der Waals surface area contributed by atoms with Gasteiger partial charge in [-0.1, -0.05) is 11.6 Å². The maximum Gasteiger partial charge on any atom is 0.287 e.